The van der Waals surface area contributed by atoms with Gasteiger partial charge in [0.1, 0.15) is 47.9 Å². The van der Waals surface area contributed by atoms with Gasteiger partial charge in [-0.15, -0.1) is 0 Å². The van der Waals surface area contributed by atoms with E-state index in [1.807, 2.05) is 48.5 Å². The molecule has 14 N–H and O–H groups in total. The highest BCUT2D eigenvalue weighted by molar-refractivity contribution is 6.00. The van der Waals surface area contributed by atoms with Crippen LogP contribution >= 0.6 is 0 Å². The molecule has 0 saturated carbocycles. The van der Waals surface area contributed by atoms with Gasteiger partial charge in [0, 0.05) is 50.4 Å². The minimum atomic E-state index is -2.19. The standard InChI is InChI=1S/C63H83N7O18/c1-5-6-7-26-88-45-22-18-40(19-23-45)38-10-8-37(9-11-38)39-12-14-42(15-13-39)58(81)65-47-31-50(77)57(64-24-27-87-28-25-71)68-61(84)53-54(78)34(2)32-70(53)63(86)52(36(4)73)66-59(82)46(56(80)55(79)41-16-20-43(74)21-17-41)30-49(76)48-29-44(75)33-69(48)62(85)51(35(3)72)67-60(47)83/h8-23,34-36,44,46-48,50-57,64,71-75,77-80H,5-7,24-33H2,1-4H3,(H,65,81)(H,66,82)(H,67,83)(H,68,84)/t34-,35+,36+,44+,46?,47-,48?,50+,51?,52?,53?,54-,55-,56-,57?/m0/s1. The van der Waals surface area contributed by atoms with Crippen LogP contribution in [0.4, 0.5) is 0 Å². The highest BCUT2D eigenvalue weighted by atomic mass is 16.5. The van der Waals surface area contributed by atoms with Crippen molar-refractivity contribution in [2.75, 3.05) is 46.1 Å². The molecule has 25 heteroatoms. The van der Waals surface area contributed by atoms with Gasteiger partial charge >= 0.3 is 0 Å². The average molecular weight is 1230 g/mol. The number of benzene rings is 4. The van der Waals surface area contributed by atoms with Crippen molar-refractivity contribution in [3.05, 3.63) is 108 Å². The number of nitrogens with zero attached hydrogens (tertiary/aromatic N) is 2. The second-order valence-corrected chi connectivity index (χ2v) is 22.9. The lowest BCUT2D eigenvalue weighted by molar-refractivity contribution is -0.148. The van der Waals surface area contributed by atoms with Crippen molar-refractivity contribution in [3.8, 4) is 33.8 Å². The number of phenolic OH excluding ortho intramolecular Hbond substituents is 1. The summed E-state index contributed by atoms with van der Waals surface area (Å²) >= 11 is 0. The fraction of sp³-hybridized carbons (Fsp3) is 0.508. The highest BCUT2D eigenvalue weighted by Gasteiger charge is 2.50. The summed E-state index contributed by atoms with van der Waals surface area (Å²) in [6.07, 6.45) is -13.2. The zero-order chi connectivity index (χ0) is 63.9. The molecule has 3 aliphatic heterocycles. The van der Waals surface area contributed by atoms with Crippen LogP contribution in [0.2, 0.25) is 0 Å². The van der Waals surface area contributed by atoms with Crippen molar-refractivity contribution in [1.29, 1.82) is 0 Å². The Balaban J connectivity index is 1.22. The number of nitrogens with one attached hydrogen (secondary N) is 5. The van der Waals surface area contributed by atoms with Gasteiger partial charge in [-0.2, -0.15) is 0 Å². The first-order chi connectivity index (χ1) is 42.0. The summed E-state index contributed by atoms with van der Waals surface area (Å²) in [7, 11) is 0. The SMILES string of the molecule is CCCCCOc1ccc(-c2ccc(-c3ccc(C(=O)N[C@H]4C[C@@H](O)C(NCCOCCO)NC(=O)C5[C@@H](O)[C@@H](C)CN5C(=O)C([C@@H](C)O)NC(=O)C([C@H](O)[C@@H](O)c5ccc(O)cc5)CC(=O)C5C[C@@H](O)CN5C(=O)C([C@@H](C)O)NC4=O)cc3)cc2)cc1. The average Bonchev–Trinajstić information content (AvgIpc) is 2.10. The maximum Gasteiger partial charge on any atom is 0.251 e. The van der Waals surface area contributed by atoms with Gasteiger partial charge in [0.15, 0.2) is 5.78 Å². The second-order valence-electron chi connectivity index (χ2n) is 22.9. The van der Waals surface area contributed by atoms with E-state index in [-0.39, 0.29) is 49.8 Å². The van der Waals surface area contributed by atoms with Gasteiger partial charge in [-0.25, -0.2) is 0 Å². The van der Waals surface area contributed by atoms with Crippen molar-refractivity contribution in [2.24, 2.45) is 11.8 Å². The van der Waals surface area contributed by atoms with E-state index in [0.29, 0.717) is 6.61 Å². The molecule has 4 aromatic rings. The first-order valence-corrected chi connectivity index (χ1v) is 29.8. The summed E-state index contributed by atoms with van der Waals surface area (Å²) in [6.45, 7) is 5.00. The number of aliphatic hydroxyl groups is 8. The third kappa shape index (κ3) is 17.2. The van der Waals surface area contributed by atoms with E-state index < -0.39 is 158 Å². The minimum absolute atomic E-state index is 0.0315. The lowest BCUT2D eigenvalue weighted by atomic mass is 9.86. The number of aromatic hydroxyl groups is 1. The number of amides is 6. The first kappa shape index (κ1) is 68.1. The van der Waals surface area contributed by atoms with E-state index in [9.17, 15) is 79.5 Å². The fourth-order valence-electron chi connectivity index (χ4n) is 11.2. The first-order valence-electron chi connectivity index (χ1n) is 29.8. The molecule has 25 nitrogen and oxygen atoms in total. The molecule has 6 amide bonds. The van der Waals surface area contributed by atoms with Crippen LogP contribution in [0.15, 0.2) is 97.1 Å². The predicted molar refractivity (Wildman–Crippen MR) is 318 cm³/mol. The quantitative estimate of drug-likeness (QED) is 0.0508. The number of ether oxygens (including phenoxy) is 2. The number of hydrogen-bond donors (Lipinski definition) is 14. The third-order valence-corrected chi connectivity index (χ3v) is 16.2. The van der Waals surface area contributed by atoms with Crippen LogP contribution in [-0.4, -0.2) is 216 Å². The van der Waals surface area contributed by atoms with Gasteiger partial charge in [0.05, 0.1) is 75.0 Å². The van der Waals surface area contributed by atoms with Gasteiger partial charge < -0.3 is 86.5 Å². The number of carbonyl (C=O) groups excluding carboxylic acids is 7. The van der Waals surface area contributed by atoms with Crippen molar-refractivity contribution in [1.82, 2.24) is 36.4 Å². The van der Waals surface area contributed by atoms with E-state index >= 15 is 0 Å². The van der Waals surface area contributed by atoms with E-state index in [0.717, 1.165) is 70.9 Å². The van der Waals surface area contributed by atoms with Crippen LogP contribution in [0.3, 0.4) is 0 Å². The van der Waals surface area contributed by atoms with Gasteiger partial charge in [0.25, 0.3) is 5.91 Å². The molecule has 15 atom stereocenters. The summed E-state index contributed by atoms with van der Waals surface area (Å²) in [5.41, 5.74) is 3.48. The van der Waals surface area contributed by atoms with Gasteiger partial charge in [-0.05, 0) is 84.5 Å². The molecule has 0 bridgehead atoms. The maximum absolute atomic E-state index is 14.8. The Labute approximate surface area is 510 Å². The van der Waals surface area contributed by atoms with Gasteiger partial charge in [0.2, 0.25) is 29.5 Å². The van der Waals surface area contributed by atoms with Crippen LogP contribution in [-0.2, 0) is 33.5 Å². The zero-order valence-electron chi connectivity index (χ0n) is 49.7. The van der Waals surface area contributed by atoms with Gasteiger partial charge in [-0.1, -0.05) is 87.4 Å². The normalized spacial score (nSPS) is 26.6. The van der Waals surface area contributed by atoms with Crippen LogP contribution in [0, 0.1) is 11.8 Å². The molecule has 3 fully saturated rings. The topological polar surface area (TPSA) is 387 Å². The molecule has 0 aliphatic carbocycles. The summed E-state index contributed by atoms with van der Waals surface area (Å²) in [5, 5.41) is 113. The molecule has 7 rings (SSSR count). The molecule has 4 aromatic carbocycles. The van der Waals surface area contributed by atoms with Gasteiger partial charge in [-0.3, -0.25) is 38.9 Å². The van der Waals surface area contributed by atoms with E-state index in [2.05, 4.69) is 33.5 Å². The lowest BCUT2D eigenvalue weighted by Gasteiger charge is -2.34. The number of unbranched alkanes of at least 4 members (excludes halogenated alkanes) is 2. The molecule has 88 heavy (non-hydrogen) atoms. The monoisotopic (exact) mass is 1230 g/mol. The third-order valence-electron chi connectivity index (χ3n) is 16.2. The minimum Gasteiger partial charge on any atom is -0.508 e. The largest absolute Gasteiger partial charge is 0.508 e. The van der Waals surface area contributed by atoms with Crippen LogP contribution in [0.5, 0.6) is 11.5 Å². The maximum atomic E-state index is 14.8. The Kier molecular flexibility index (Phi) is 24.5. The second kappa shape index (κ2) is 31.7. The number of fused-ring (bicyclic) bond motifs is 2. The number of ketones is 1. The Morgan fingerprint density at radius 3 is 1.83 bits per heavy atom. The Hall–Kier alpha value is -7.43. The molecule has 0 spiro atoms. The smallest absolute Gasteiger partial charge is 0.251 e. The zero-order valence-corrected chi connectivity index (χ0v) is 49.7. The van der Waals surface area contributed by atoms with Crippen molar-refractivity contribution < 1.29 is 89.0 Å². The summed E-state index contributed by atoms with van der Waals surface area (Å²) in [4.78, 5) is 104. The number of carbonyl (C=O) groups is 7. The van der Waals surface area contributed by atoms with Crippen molar-refractivity contribution >= 4 is 41.2 Å². The van der Waals surface area contributed by atoms with Crippen molar-refractivity contribution in [3.63, 3.8) is 0 Å². The number of hydrogen-bond acceptors (Lipinski definition) is 19. The number of aliphatic hydroxyl groups excluding tert-OH is 8. The molecular formula is C63H83N7O18. The Morgan fingerprint density at radius 2 is 1.25 bits per heavy atom. The Bertz CT molecular complexity index is 2990. The number of rotatable bonds is 20. The molecule has 3 heterocycles. The molecule has 6 unspecified atom stereocenters. The molecule has 0 aromatic heterocycles. The van der Waals surface area contributed by atoms with Crippen LogP contribution in [0.1, 0.15) is 88.2 Å². The molecule has 3 aliphatic rings. The van der Waals surface area contributed by atoms with E-state index in [1.165, 1.54) is 43.3 Å². The predicted octanol–water partition coefficient (Wildman–Crippen LogP) is -0.230. The fourth-order valence-corrected chi connectivity index (χ4v) is 11.2. The van der Waals surface area contributed by atoms with E-state index in [1.54, 1.807) is 12.1 Å². The van der Waals surface area contributed by atoms with Crippen LogP contribution in [0.25, 0.3) is 22.3 Å². The molecule has 3 saturated heterocycles. The highest BCUT2D eigenvalue weighted by Crippen LogP contribution is 2.32. The summed E-state index contributed by atoms with van der Waals surface area (Å²) in [5.74, 6) is -9.85. The van der Waals surface area contributed by atoms with Crippen LogP contribution < -0.4 is 31.3 Å². The number of phenols is 1. The molecule has 478 valence electrons. The van der Waals surface area contributed by atoms with Crippen molar-refractivity contribution in [2.45, 2.75) is 145 Å². The lowest BCUT2D eigenvalue weighted by Crippen LogP contribution is -2.63. The summed E-state index contributed by atoms with van der Waals surface area (Å²) in [6, 6.07) is 17.7. The molecule has 0 radical (unpaired) electrons. The number of Topliss-reactive ketones (excluding diaryl/α,β-unsaturated/α-hetero) is 1. The summed E-state index contributed by atoms with van der Waals surface area (Å²) < 4.78 is 11.2. The van der Waals surface area contributed by atoms with E-state index in [4.69, 9.17) is 9.47 Å². The Morgan fingerprint density at radius 1 is 0.682 bits per heavy atom. The molecular weight excluding hydrogens is 1140 g/mol.